The summed E-state index contributed by atoms with van der Waals surface area (Å²) >= 11 is 1.31. The molecule has 5 aromatic rings. The molecule has 0 aliphatic heterocycles. The van der Waals surface area contributed by atoms with E-state index in [9.17, 15) is 14.3 Å². The van der Waals surface area contributed by atoms with Crippen LogP contribution in [0, 0.1) is 23.0 Å². The van der Waals surface area contributed by atoms with Gasteiger partial charge in [-0.3, -0.25) is 0 Å². The molecule has 42 heavy (non-hydrogen) atoms. The quantitative estimate of drug-likeness (QED) is 0.161. The first-order valence-corrected chi connectivity index (χ1v) is 13.5. The number of aromatic hydroxyl groups is 1. The van der Waals surface area contributed by atoms with Crippen molar-refractivity contribution < 1.29 is 28.2 Å². The maximum atomic E-state index is 15.5. The molecular weight excluding hydrogens is 564 g/mol. The van der Waals surface area contributed by atoms with Crippen LogP contribution in [-0.2, 0) is 21.6 Å². The van der Waals surface area contributed by atoms with Crippen LogP contribution in [0.3, 0.4) is 0 Å². The van der Waals surface area contributed by atoms with Crippen molar-refractivity contribution in [1.82, 2.24) is 19.7 Å². The van der Waals surface area contributed by atoms with E-state index in [1.807, 2.05) is 5.38 Å². The molecule has 9 nitrogen and oxygen atoms in total. The molecule has 0 aliphatic carbocycles. The van der Waals surface area contributed by atoms with Gasteiger partial charge in [0.05, 0.1) is 28.9 Å². The Kier molecular flexibility index (Phi) is 8.33. The first kappa shape index (κ1) is 28.5. The molecule has 0 spiro atoms. The number of nitrogens with zero attached hydrogens (tertiary/aromatic N) is 5. The molecule has 12 heteroatoms. The van der Waals surface area contributed by atoms with Crippen molar-refractivity contribution in [2.45, 2.75) is 25.0 Å². The van der Waals surface area contributed by atoms with Gasteiger partial charge in [0, 0.05) is 28.5 Å². The summed E-state index contributed by atoms with van der Waals surface area (Å²) in [6.45, 7) is 1.03. The average Bonchev–Trinajstić information content (AvgIpc) is 3.69. The Morgan fingerprint density at radius 1 is 1.17 bits per heavy atom. The molecule has 0 bridgehead atoms. The van der Waals surface area contributed by atoms with Crippen molar-refractivity contribution in [2.75, 3.05) is 6.79 Å². The number of carbonyl (C=O) groups excluding carboxylic acids is 1. The number of hydrogen-bond donors (Lipinski definition) is 1. The lowest BCUT2D eigenvalue weighted by Crippen LogP contribution is -2.42. The van der Waals surface area contributed by atoms with Gasteiger partial charge in [-0.05, 0) is 30.3 Å². The number of phenolic OH excluding ortho intramolecular Hbond substituents is 1. The van der Waals surface area contributed by atoms with Crippen molar-refractivity contribution in [3.8, 4) is 23.1 Å². The zero-order chi connectivity index (χ0) is 29.7. The normalized spacial score (nSPS) is 13.2. The van der Waals surface area contributed by atoms with Gasteiger partial charge in [0.2, 0.25) is 0 Å². The molecule has 3 aromatic carbocycles. The van der Waals surface area contributed by atoms with Crippen LogP contribution in [0.5, 0.6) is 5.75 Å². The van der Waals surface area contributed by atoms with Gasteiger partial charge in [-0.25, -0.2) is 28.2 Å². The monoisotopic (exact) mass is 587 g/mol. The third-order valence-electron chi connectivity index (χ3n) is 6.78. The van der Waals surface area contributed by atoms with E-state index in [0.29, 0.717) is 16.3 Å². The van der Waals surface area contributed by atoms with Crippen molar-refractivity contribution in [3.63, 3.8) is 0 Å². The molecule has 2 atom stereocenters. The smallest absolute Gasteiger partial charge is 0.344 e. The van der Waals surface area contributed by atoms with E-state index in [4.69, 9.17) is 19.7 Å². The summed E-state index contributed by atoms with van der Waals surface area (Å²) in [4.78, 5) is 21.5. The van der Waals surface area contributed by atoms with Gasteiger partial charge >= 0.3 is 5.97 Å². The van der Waals surface area contributed by atoms with Gasteiger partial charge in [-0.15, -0.1) is 11.3 Å². The second-order valence-corrected chi connectivity index (χ2v) is 10.2. The fourth-order valence-electron chi connectivity index (χ4n) is 4.54. The number of thiazole rings is 1. The number of hydrogen-bond acceptors (Lipinski definition) is 9. The summed E-state index contributed by atoms with van der Waals surface area (Å²) in [5.74, 6) is -3.47. The molecule has 1 unspecified atom stereocenters. The average molecular weight is 588 g/mol. The van der Waals surface area contributed by atoms with Gasteiger partial charge < -0.3 is 14.6 Å². The zero-order valence-electron chi connectivity index (χ0n) is 22.1. The Morgan fingerprint density at radius 3 is 2.64 bits per heavy atom. The highest BCUT2D eigenvalue weighted by molar-refractivity contribution is 7.10. The van der Waals surface area contributed by atoms with E-state index in [1.54, 1.807) is 43.3 Å². The Bertz CT molecular complexity index is 1740. The lowest BCUT2D eigenvalue weighted by atomic mass is 9.81. The summed E-state index contributed by atoms with van der Waals surface area (Å²) in [7, 11) is 0. The summed E-state index contributed by atoms with van der Waals surface area (Å²) < 4.78 is 42.6. The minimum Gasteiger partial charge on any atom is -0.507 e. The predicted molar refractivity (Wildman–Crippen MR) is 148 cm³/mol. The topological polar surface area (TPSA) is 123 Å². The molecule has 212 valence electrons. The molecule has 1 N–H and O–H groups in total. The number of halogens is 2. The summed E-state index contributed by atoms with van der Waals surface area (Å²) in [6.07, 6.45) is 2.73. The molecule has 0 radical (unpaired) electrons. The van der Waals surface area contributed by atoms with Crippen molar-refractivity contribution in [3.05, 3.63) is 118 Å². The van der Waals surface area contributed by atoms with Crippen molar-refractivity contribution in [2.24, 2.45) is 0 Å². The lowest BCUT2D eigenvalue weighted by molar-refractivity contribution is -0.148. The number of ether oxygens (including phenoxy) is 2. The second-order valence-electron chi connectivity index (χ2n) is 9.30. The Balaban J connectivity index is 1.54. The number of aromatic nitrogens is 4. The lowest BCUT2D eigenvalue weighted by Gasteiger charge is -2.38. The van der Waals surface area contributed by atoms with Crippen LogP contribution in [0.25, 0.3) is 11.3 Å². The maximum absolute atomic E-state index is 15.5. The summed E-state index contributed by atoms with van der Waals surface area (Å²) in [5, 5.41) is 25.7. The number of phenols is 1. The fourth-order valence-corrected chi connectivity index (χ4v) is 5.50. The van der Waals surface area contributed by atoms with Crippen LogP contribution in [0.4, 0.5) is 8.78 Å². The number of rotatable bonds is 10. The highest BCUT2D eigenvalue weighted by Crippen LogP contribution is 2.44. The molecule has 0 saturated heterocycles. The fraction of sp³-hybridized carbons (Fsp3) is 0.167. The Morgan fingerprint density at radius 2 is 1.95 bits per heavy atom. The van der Waals surface area contributed by atoms with Crippen LogP contribution in [0.15, 0.2) is 84.8 Å². The first-order chi connectivity index (χ1) is 20.3. The molecule has 0 saturated carbocycles. The first-order valence-electron chi connectivity index (χ1n) is 12.6. The third-order valence-corrected chi connectivity index (χ3v) is 7.81. The molecular formula is C30H23F2N5O4S. The minimum atomic E-state index is -1.62. The molecule has 0 aliphatic rings. The maximum Gasteiger partial charge on any atom is 0.344 e. The zero-order valence-corrected chi connectivity index (χ0v) is 23.0. The van der Waals surface area contributed by atoms with Crippen LogP contribution in [0.2, 0.25) is 0 Å². The van der Waals surface area contributed by atoms with Crippen LogP contribution in [-0.4, -0.2) is 37.6 Å². The van der Waals surface area contributed by atoms with Crippen molar-refractivity contribution in [1.29, 1.82) is 5.26 Å². The highest BCUT2D eigenvalue weighted by atomic mass is 32.1. The van der Waals surface area contributed by atoms with Gasteiger partial charge in [0.15, 0.2) is 6.79 Å². The molecule has 5 rings (SSSR count). The van der Waals surface area contributed by atoms with Gasteiger partial charge in [0.1, 0.15) is 41.2 Å². The van der Waals surface area contributed by atoms with E-state index in [2.05, 4.69) is 16.2 Å². The van der Waals surface area contributed by atoms with Crippen molar-refractivity contribution >= 4 is 17.3 Å². The van der Waals surface area contributed by atoms with Gasteiger partial charge in [-0.2, -0.15) is 10.4 Å². The highest BCUT2D eigenvalue weighted by Gasteiger charge is 2.45. The van der Waals surface area contributed by atoms with Gasteiger partial charge in [0.25, 0.3) is 0 Å². The standard InChI is InChI=1S/C30H23F2N5O4S/c1-19(28-36-26(14-42-28)21-8-6-20(13-33)7-9-21)30(15-37-17-34-16-35-37,24-11-10-22(31)12-25(24)32)41-18-40-29(39)23-4-2-3-5-27(23)38/h2-12,14,16-17,19,38H,15,18H2,1H3/t19-,30?/m0/s1. The second kappa shape index (κ2) is 12.3. The van der Waals surface area contributed by atoms with E-state index in [0.717, 1.165) is 17.7 Å². The van der Waals surface area contributed by atoms with E-state index in [1.165, 1.54) is 46.9 Å². The number of para-hydroxylation sites is 1. The summed E-state index contributed by atoms with van der Waals surface area (Å²) in [5.41, 5.74) is 0.205. The Labute approximate surface area is 243 Å². The Hall–Kier alpha value is -4.99. The van der Waals surface area contributed by atoms with Crippen LogP contribution in [0.1, 0.15) is 39.3 Å². The molecule has 0 amide bonds. The third kappa shape index (κ3) is 5.88. The predicted octanol–water partition coefficient (Wildman–Crippen LogP) is 5.79. The van der Waals surface area contributed by atoms with Crippen LogP contribution < -0.4 is 0 Å². The minimum absolute atomic E-state index is 0.0133. The summed E-state index contributed by atoms with van der Waals surface area (Å²) in [6, 6.07) is 18.0. The number of esters is 1. The van der Waals surface area contributed by atoms with E-state index < -0.39 is 35.9 Å². The molecule has 0 fully saturated rings. The van der Waals surface area contributed by atoms with E-state index in [-0.39, 0.29) is 23.4 Å². The number of benzene rings is 3. The SMILES string of the molecule is C[C@@H](c1nc(-c2ccc(C#N)cc2)cs1)C(Cn1cncn1)(OCOC(=O)c1ccccc1O)c1ccc(F)cc1F. The number of carbonyl (C=O) groups is 1. The van der Waals surface area contributed by atoms with Crippen LogP contribution >= 0.6 is 11.3 Å². The van der Waals surface area contributed by atoms with Gasteiger partial charge in [-0.1, -0.05) is 37.3 Å². The molecule has 2 aromatic heterocycles. The van der Waals surface area contributed by atoms with E-state index >= 15 is 4.39 Å². The number of nitriles is 1. The largest absolute Gasteiger partial charge is 0.507 e. The molecule has 2 heterocycles.